The molecule has 7 nitrogen and oxygen atoms in total. The minimum absolute atomic E-state index is 0.0648. The number of aromatic nitrogens is 1. The Morgan fingerprint density at radius 3 is 2.93 bits per heavy atom. The second-order valence-corrected chi connectivity index (χ2v) is 6.23. The molecular weight excluding hydrogens is 346 g/mol. The zero-order valence-corrected chi connectivity index (χ0v) is 15.5. The molecule has 1 N–H and O–H groups in total. The van der Waals surface area contributed by atoms with Crippen molar-refractivity contribution in [1.29, 1.82) is 0 Å². The summed E-state index contributed by atoms with van der Waals surface area (Å²) < 4.78 is 11.1. The van der Waals surface area contributed by atoms with Crippen LogP contribution in [0.4, 0.5) is 0 Å². The number of rotatable bonds is 6. The second kappa shape index (κ2) is 8.53. The monoisotopic (exact) mass is 369 g/mol. The molecule has 3 rings (SSSR count). The fourth-order valence-electron chi connectivity index (χ4n) is 3.02. The molecule has 0 saturated carbocycles. The Labute approximate surface area is 158 Å². The average molecular weight is 369 g/mol. The molecule has 1 atom stereocenters. The maximum absolute atomic E-state index is 12.7. The second-order valence-electron chi connectivity index (χ2n) is 6.23. The van der Waals surface area contributed by atoms with Gasteiger partial charge in [-0.15, -0.1) is 0 Å². The van der Waals surface area contributed by atoms with Gasteiger partial charge in [0.1, 0.15) is 17.4 Å². The van der Waals surface area contributed by atoms with Gasteiger partial charge in [-0.3, -0.25) is 9.59 Å². The molecule has 2 aromatic rings. The molecule has 0 radical (unpaired) electrons. The Kier molecular flexibility index (Phi) is 5.90. The van der Waals surface area contributed by atoms with E-state index in [1.165, 1.54) is 0 Å². The van der Waals surface area contributed by atoms with E-state index < -0.39 is 0 Å². The average Bonchev–Trinajstić information content (AvgIpc) is 3.16. The number of carbonyl (C=O) groups is 2. The molecule has 1 aliphatic heterocycles. The number of benzene rings is 1. The molecule has 1 unspecified atom stereocenters. The Morgan fingerprint density at radius 1 is 1.30 bits per heavy atom. The first-order valence-electron chi connectivity index (χ1n) is 8.95. The van der Waals surface area contributed by atoms with Gasteiger partial charge in [-0.05, 0) is 37.3 Å². The van der Waals surface area contributed by atoms with Crippen LogP contribution in [0.25, 0.3) is 0 Å². The van der Waals surface area contributed by atoms with Gasteiger partial charge in [0, 0.05) is 31.3 Å². The van der Waals surface area contributed by atoms with Crippen LogP contribution in [0.15, 0.2) is 42.6 Å². The van der Waals surface area contributed by atoms with Crippen LogP contribution in [0.1, 0.15) is 34.1 Å². The molecular formula is C20H23N3O4. The van der Waals surface area contributed by atoms with E-state index in [2.05, 4.69) is 10.3 Å². The number of carbonyl (C=O) groups excluding carboxylic acids is 2. The van der Waals surface area contributed by atoms with Crippen molar-refractivity contribution >= 4 is 11.8 Å². The van der Waals surface area contributed by atoms with Gasteiger partial charge >= 0.3 is 0 Å². The quantitative estimate of drug-likeness (QED) is 0.844. The summed E-state index contributed by atoms with van der Waals surface area (Å²) in [5, 5.41) is 2.75. The lowest BCUT2D eigenvalue weighted by Gasteiger charge is -2.18. The van der Waals surface area contributed by atoms with Crippen LogP contribution in [-0.4, -0.2) is 54.5 Å². The third kappa shape index (κ3) is 4.36. The maximum atomic E-state index is 12.7. The molecule has 1 aromatic carbocycles. The van der Waals surface area contributed by atoms with Crippen LogP contribution in [-0.2, 0) is 0 Å². The van der Waals surface area contributed by atoms with E-state index in [-0.39, 0.29) is 17.9 Å². The zero-order chi connectivity index (χ0) is 19.2. The Morgan fingerprint density at radius 2 is 2.15 bits per heavy atom. The molecule has 0 aliphatic carbocycles. The Bertz CT molecular complexity index is 824. The van der Waals surface area contributed by atoms with E-state index in [0.29, 0.717) is 48.8 Å². The standard InChI is InChI=1S/C20H23N3O4/c1-3-21-18(24)17-8-5-10-22-19(17)27-16-9-11-23(13-16)20(25)14-6-4-7-15(12-14)26-2/h4-8,10,12,16H,3,9,11,13H2,1-2H3,(H,21,24). The molecule has 7 heteroatoms. The summed E-state index contributed by atoms with van der Waals surface area (Å²) in [6, 6.07) is 10.5. The highest BCUT2D eigenvalue weighted by atomic mass is 16.5. The van der Waals surface area contributed by atoms with Crippen molar-refractivity contribution in [3.8, 4) is 11.6 Å². The molecule has 1 saturated heterocycles. The lowest BCUT2D eigenvalue weighted by Crippen LogP contribution is -2.31. The summed E-state index contributed by atoms with van der Waals surface area (Å²) in [6.45, 7) is 3.42. The van der Waals surface area contributed by atoms with E-state index >= 15 is 0 Å². The summed E-state index contributed by atoms with van der Waals surface area (Å²) >= 11 is 0. The summed E-state index contributed by atoms with van der Waals surface area (Å²) in [7, 11) is 1.57. The third-order valence-electron chi connectivity index (χ3n) is 4.38. The van der Waals surface area contributed by atoms with Gasteiger partial charge in [-0.1, -0.05) is 6.07 Å². The van der Waals surface area contributed by atoms with Crippen molar-refractivity contribution in [3.63, 3.8) is 0 Å². The number of nitrogens with one attached hydrogen (secondary N) is 1. The van der Waals surface area contributed by atoms with E-state index in [1.807, 2.05) is 6.92 Å². The van der Waals surface area contributed by atoms with Gasteiger partial charge in [-0.25, -0.2) is 4.98 Å². The van der Waals surface area contributed by atoms with Crippen LogP contribution >= 0.6 is 0 Å². The third-order valence-corrected chi connectivity index (χ3v) is 4.38. The highest BCUT2D eigenvalue weighted by Gasteiger charge is 2.29. The molecule has 27 heavy (non-hydrogen) atoms. The van der Waals surface area contributed by atoms with Crippen LogP contribution in [0.2, 0.25) is 0 Å². The van der Waals surface area contributed by atoms with Crippen molar-refractivity contribution < 1.29 is 19.1 Å². The van der Waals surface area contributed by atoms with Crippen LogP contribution in [0.5, 0.6) is 11.6 Å². The van der Waals surface area contributed by atoms with Crippen molar-refractivity contribution in [2.75, 3.05) is 26.7 Å². The van der Waals surface area contributed by atoms with Gasteiger partial charge in [0.2, 0.25) is 5.88 Å². The molecule has 2 amide bonds. The van der Waals surface area contributed by atoms with E-state index in [0.717, 1.165) is 0 Å². The predicted molar refractivity (Wildman–Crippen MR) is 100 cm³/mol. The van der Waals surface area contributed by atoms with Gasteiger partial charge < -0.3 is 19.7 Å². The first kappa shape index (κ1) is 18.7. The number of ether oxygens (including phenoxy) is 2. The summed E-state index contributed by atoms with van der Waals surface area (Å²) in [6.07, 6.45) is 2.07. The molecule has 1 aliphatic rings. The van der Waals surface area contributed by atoms with E-state index in [1.54, 1.807) is 54.6 Å². The molecule has 1 aromatic heterocycles. The first-order valence-corrected chi connectivity index (χ1v) is 8.95. The normalized spacial score (nSPS) is 16.1. The first-order chi connectivity index (χ1) is 13.1. The van der Waals surface area contributed by atoms with Crippen LogP contribution in [0, 0.1) is 0 Å². The van der Waals surface area contributed by atoms with Crippen LogP contribution in [0.3, 0.4) is 0 Å². The lowest BCUT2D eigenvalue weighted by molar-refractivity contribution is 0.0768. The Balaban J connectivity index is 1.67. The number of nitrogens with zero attached hydrogens (tertiary/aromatic N) is 2. The number of hydrogen-bond donors (Lipinski definition) is 1. The number of amides is 2. The van der Waals surface area contributed by atoms with Crippen molar-refractivity contribution in [2.24, 2.45) is 0 Å². The smallest absolute Gasteiger partial charge is 0.256 e. The van der Waals surface area contributed by atoms with Crippen molar-refractivity contribution in [2.45, 2.75) is 19.4 Å². The van der Waals surface area contributed by atoms with E-state index in [9.17, 15) is 9.59 Å². The highest BCUT2D eigenvalue weighted by Crippen LogP contribution is 2.22. The van der Waals surface area contributed by atoms with Crippen molar-refractivity contribution in [1.82, 2.24) is 15.2 Å². The molecule has 142 valence electrons. The van der Waals surface area contributed by atoms with Gasteiger partial charge in [-0.2, -0.15) is 0 Å². The van der Waals surface area contributed by atoms with Gasteiger partial charge in [0.05, 0.1) is 13.7 Å². The Hall–Kier alpha value is -3.09. The van der Waals surface area contributed by atoms with E-state index in [4.69, 9.17) is 9.47 Å². The largest absolute Gasteiger partial charge is 0.497 e. The molecule has 0 spiro atoms. The van der Waals surface area contributed by atoms with Gasteiger partial charge in [0.25, 0.3) is 11.8 Å². The minimum Gasteiger partial charge on any atom is -0.497 e. The SMILES string of the molecule is CCNC(=O)c1cccnc1OC1CCN(C(=O)c2cccc(OC)c2)C1. The lowest BCUT2D eigenvalue weighted by atomic mass is 10.2. The van der Waals surface area contributed by atoms with Crippen LogP contribution < -0.4 is 14.8 Å². The maximum Gasteiger partial charge on any atom is 0.256 e. The number of hydrogen-bond acceptors (Lipinski definition) is 5. The number of pyridine rings is 1. The summed E-state index contributed by atoms with van der Waals surface area (Å²) in [5.41, 5.74) is 0.979. The number of likely N-dealkylation sites (tertiary alicyclic amines) is 1. The van der Waals surface area contributed by atoms with Crippen molar-refractivity contribution in [3.05, 3.63) is 53.7 Å². The summed E-state index contributed by atoms with van der Waals surface area (Å²) in [5.74, 6) is 0.657. The fourth-order valence-corrected chi connectivity index (χ4v) is 3.02. The number of methoxy groups -OCH3 is 1. The molecule has 1 fully saturated rings. The molecule has 2 heterocycles. The minimum atomic E-state index is -0.220. The fraction of sp³-hybridized carbons (Fsp3) is 0.350. The highest BCUT2D eigenvalue weighted by molar-refractivity contribution is 5.96. The topological polar surface area (TPSA) is 80.8 Å². The van der Waals surface area contributed by atoms with Gasteiger partial charge in [0.15, 0.2) is 0 Å². The zero-order valence-electron chi connectivity index (χ0n) is 15.5. The predicted octanol–water partition coefficient (Wildman–Crippen LogP) is 2.13. The summed E-state index contributed by atoms with van der Waals surface area (Å²) in [4.78, 5) is 30.8. The molecule has 0 bridgehead atoms.